The minimum absolute atomic E-state index is 0.0327. The third kappa shape index (κ3) is 2.41. The Morgan fingerprint density at radius 3 is 3.28 bits per heavy atom. The Balaban J connectivity index is 1.62. The molecule has 1 aromatic heterocycles. The van der Waals surface area contributed by atoms with Gasteiger partial charge in [0.05, 0.1) is 6.61 Å². The zero-order chi connectivity index (χ0) is 12.4. The van der Waals surface area contributed by atoms with Crippen LogP contribution in [-0.2, 0) is 11.2 Å². The van der Waals surface area contributed by atoms with E-state index in [-0.39, 0.29) is 6.10 Å². The van der Waals surface area contributed by atoms with E-state index in [9.17, 15) is 0 Å². The molecule has 0 saturated carbocycles. The molecule has 2 N–H and O–H groups in total. The van der Waals surface area contributed by atoms with Crippen molar-refractivity contribution in [3.05, 3.63) is 11.7 Å². The molecule has 0 radical (unpaired) electrons. The molecule has 0 aromatic carbocycles. The van der Waals surface area contributed by atoms with Gasteiger partial charge in [-0.3, -0.25) is 4.90 Å². The Hall–Kier alpha value is -0.980. The Kier molecular flexibility index (Phi) is 3.58. The number of nitrogens with two attached hydrogens (primary N) is 1. The second kappa shape index (κ2) is 5.34. The van der Waals surface area contributed by atoms with Crippen molar-refractivity contribution in [2.75, 3.05) is 26.2 Å². The lowest BCUT2D eigenvalue weighted by atomic mass is 10.2. The zero-order valence-corrected chi connectivity index (χ0v) is 10.5. The van der Waals surface area contributed by atoms with Gasteiger partial charge < -0.3 is 15.0 Å². The van der Waals surface area contributed by atoms with Gasteiger partial charge in [-0.15, -0.1) is 0 Å². The predicted octanol–water partition coefficient (Wildman–Crippen LogP) is 0.497. The maximum atomic E-state index is 5.84. The third-order valence-electron chi connectivity index (χ3n) is 3.76. The van der Waals surface area contributed by atoms with Crippen molar-refractivity contribution in [3.63, 3.8) is 0 Å². The molecule has 6 heteroatoms. The fourth-order valence-corrected chi connectivity index (χ4v) is 2.73. The van der Waals surface area contributed by atoms with E-state index < -0.39 is 0 Å². The summed E-state index contributed by atoms with van der Waals surface area (Å²) in [5, 5.41) is 4.03. The summed E-state index contributed by atoms with van der Waals surface area (Å²) in [4.78, 5) is 6.88. The van der Waals surface area contributed by atoms with Crippen LogP contribution in [0.15, 0.2) is 4.52 Å². The second-order valence-corrected chi connectivity index (χ2v) is 5.05. The lowest BCUT2D eigenvalue weighted by molar-refractivity contribution is -0.0548. The van der Waals surface area contributed by atoms with Crippen LogP contribution in [0.2, 0.25) is 0 Å². The summed E-state index contributed by atoms with van der Waals surface area (Å²) < 4.78 is 11.1. The molecular weight excluding hydrogens is 232 g/mol. The van der Waals surface area contributed by atoms with Crippen LogP contribution >= 0.6 is 0 Å². The first-order valence-electron chi connectivity index (χ1n) is 6.75. The van der Waals surface area contributed by atoms with Crippen molar-refractivity contribution in [2.24, 2.45) is 5.73 Å². The summed E-state index contributed by atoms with van der Waals surface area (Å²) in [5.41, 5.74) is 5.46. The van der Waals surface area contributed by atoms with Crippen LogP contribution in [0.25, 0.3) is 0 Å². The van der Waals surface area contributed by atoms with Crippen LogP contribution in [-0.4, -0.2) is 47.3 Å². The minimum Gasteiger partial charge on any atom is -0.367 e. The van der Waals surface area contributed by atoms with E-state index in [0.29, 0.717) is 24.3 Å². The highest BCUT2D eigenvalue weighted by atomic mass is 16.5. The number of morpholine rings is 1. The molecule has 2 fully saturated rings. The van der Waals surface area contributed by atoms with Gasteiger partial charge in [0, 0.05) is 19.0 Å². The molecule has 100 valence electrons. The van der Waals surface area contributed by atoms with Crippen LogP contribution in [0.1, 0.15) is 37.1 Å². The quantitative estimate of drug-likeness (QED) is 0.840. The van der Waals surface area contributed by atoms with E-state index in [4.69, 9.17) is 15.0 Å². The van der Waals surface area contributed by atoms with Gasteiger partial charge in [-0.25, -0.2) is 0 Å². The number of aromatic nitrogens is 2. The molecule has 2 aliphatic rings. The van der Waals surface area contributed by atoms with Gasteiger partial charge in [-0.2, -0.15) is 4.98 Å². The Bertz CT molecular complexity index is 395. The van der Waals surface area contributed by atoms with Gasteiger partial charge in [0.25, 0.3) is 0 Å². The fourth-order valence-electron chi connectivity index (χ4n) is 2.73. The van der Waals surface area contributed by atoms with Gasteiger partial charge in [0.1, 0.15) is 6.10 Å². The Labute approximate surface area is 106 Å². The molecular formula is C12H20N4O2. The molecule has 2 atom stereocenters. The monoisotopic (exact) mass is 252 g/mol. The molecule has 0 amide bonds. The second-order valence-electron chi connectivity index (χ2n) is 5.05. The van der Waals surface area contributed by atoms with Gasteiger partial charge in [-0.05, 0) is 32.4 Å². The highest BCUT2D eigenvalue weighted by molar-refractivity contribution is 4.97. The molecule has 6 nitrogen and oxygen atoms in total. The van der Waals surface area contributed by atoms with E-state index in [1.54, 1.807) is 0 Å². The lowest BCUT2D eigenvalue weighted by Crippen LogP contribution is -2.42. The third-order valence-corrected chi connectivity index (χ3v) is 3.76. The van der Waals surface area contributed by atoms with Gasteiger partial charge in [0.2, 0.25) is 11.7 Å². The standard InChI is InChI=1S/C12H20N4O2/c13-5-1-4-11-14-12(15-18-11)10-7-16-6-2-3-9(16)8-17-10/h9-10H,1-8,13H2. The summed E-state index contributed by atoms with van der Waals surface area (Å²) in [6.45, 7) is 3.49. The maximum Gasteiger partial charge on any atom is 0.226 e. The molecule has 1 aromatic rings. The van der Waals surface area contributed by atoms with Gasteiger partial charge in [0.15, 0.2) is 0 Å². The number of ether oxygens (including phenoxy) is 1. The summed E-state index contributed by atoms with van der Waals surface area (Å²) in [6.07, 6.45) is 4.12. The molecule has 0 spiro atoms. The average molecular weight is 252 g/mol. The highest BCUT2D eigenvalue weighted by Gasteiger charge is 2.34. The van der Waals surface area contributed by atoms with E-state index >= 15 is 0 Å². The van der Waals surface area contributed by atoms with E-state index in [1.165, 1.54) is 19.4 Å². The Morgan fingerprint density at radius 1 is 1.44 bits per heavy atom. The number of nitrogens with zero attached hydrogens (tertiary/aromatic N) is 3. The molecule has 18 heavy (non-hydrogen) atoms. The largest absolute Gasteiger partial charge is 0.367 e. The first-order valence-corrected chi connectivity index (χ1v) is 6.75. The summed E-state index contributed by atoms with van der Waals surface area (Å²) in [7, 11) is 0. The summed E-state index contributed by atoms with van der Waals surface area (Å²) in [5.74, 6) is 1.36. The number of fused-ring (bicyclic) bond motifs is 1. The molecule has 2 unspecified atom stereocenters. The van der Waals surface area contributed by atoms with Crippen molar-refractivity contribution < 1.29 is 9.26 Å². The summed E-state index contributed by atoms with van der Waals surface area (Å²) >= 11 is 0. The number of hydrogen-bond donors (Lipinski definition) is 1. The van der Waals surface area contributed by atoms with Crippen molar-refractivity contribution >= 4 is 0 Å². The van der Waals surface area contributed by atoms with E-state index in [2.05, 4.69) is 15.0 Å². The number of aryl methyl sites for hydroxylation is 1. The van der Waals surface area contributed by atoms with Crippen molar-refractivity contribution in [2.45, 2.75) is 37.8 Å². The van der Waals surface area contributed by atoms with Crippen molar-refractivity contribution in [1.29, 1.82) is 0 Å². The number of rotatable bonds is 4. The van der Waals surface area contributed by atoms with E-state index in [0.717, 1.165) is 26.0 Å². The summed E-state index contributed by atoms with van der Waals surface area (Å²) in [6, 6.07) is 0.602. The topological polar surface area (TPSA) is 77.4 Å². The molecule has 0 aliphatic carbocycles. The van der Waals surface area contributed by atoms with Gasteiger partial charge >= 0.3 is 0 Å². The molecule has 2 saturated heterocycles. The van der Waals surface area contributed by atoms with Crippen LogP contribution < -0.4 is 5.73 Å². The highest BCUT2D eigenvalue weighted by Crippen LogP contribution is 2.28. The van der Waals surface area contributed by atoms with Crippen LogP contribution in [0, 0.1) is 0 Å². The molecule has 3 rings (SSSR count). The molecule has 2 aliphatic heterocycles. The first kappa shape index (κ1) is 12.1. The number of hydrogen-bond acceptors (Lipinski definition) is 6. The minimum atomic E-state index is -0.0327. The van der Waals surface area contributed by atoms with Gasteiger partial charge in [-0.1, -0.05) is 5.16 Å². The average Bonchev–Trinajstić information content (AvgIpc) is 3.04. The maximum absolute atomic E-state index is 5.84. The SMILES string of the molecule is NCCCc1nc(C2CN3CCCC3CO2)no1. The van der Waals surface area contributed by atoms with Crippen LogP contribution in [0.5, 0.6) is 0 Å². The Morgan fingerprint density at radius 2 is 2.39 bits per heavy atom. The fraction of sp³-hybridized carbons (Fsp3) is 0.833. The molecule has 0 bridgehead atoms. The van der Waals surface area contributed by atoms with Crippen molar-refractivity contribution in [3.8, 4) is 0 Å². The molecule has 3 heterocycles. The van der Waals surface area contributed by atoms with Crippen molar-refractivity contribution in [1.82, 2.24) is 15.0 Å². The predicted molar refractivity (Wildman–Crippen MR) is 65.0 cm³/mol. The van der Waals surface area contributed by atoms with Crippen LogP contribution in [0.4, 0.5) is 0 Å². The first-order chi connectivity index (χ1) is 8.86. The van der Waals surface area contributed by atoms with Crippen LogP contribution in [0.3, 0.4) is 0 Å². The normalized spacial score (nSPS) is 28.5. The van der Waals surface area contributed by atoms with E-state index in [1.807, 2.05) is 0 Å². The zero-order valence-electron chi connectivity index (χ0n) is 10.5. The smallest absolute Gasteiger partial charge is 0.226 e. The lowest BCUT2D eigenvalue weighted by Gasteiger charge is -2.33.